The van der Waals surface area contributed by atoms with E-state index in [0.717, 1.165) is 4.90 Å². The molecule has 2 amide bonds. The van der Waals surface area contributed by atoms with E-state index >= 15 is 0 Å². The fraction of sp³-hybridized carbons (Fsp3) is 0.167. The van der Waals surface area contributed by atoms with Crippen LogP contribution >= 0.6 is 15.9 Å². The minimum Gasteiger partial charge on any atom is -0.274 e. The average Bonchev–Trinajstić information content (AvgIpc) is 3.09. The third kappa shape index (κ3) is 2.28. The Balaban J connectivity index is 1.62. The van der Waals surface area contributed by atoms with E-state index in [9.17, 15) is 29.8 Å². The zero-order valence-corrected chi connectivity index (χ0v) is 18.8. The number of halogens is 1. The number of nitrogens with zero attached hydrogens (tertiary/aromatic N) is 3. The van der Waals surface area contributed by atoms with Crippen LogP contribution in [0.5, 0.6) is 0 Å². The molecule has 0 spiro atoms. The molecule has 4 aliphatic rings. The monoisotopic (exact) mass is 519 g/mol. The number of hydrogen-bond donors (Lipinski definition) is 0. The summed E-state index contributed by atoms with van der Waals surface area (Å²) < 4.78 is 0.180. The smallest absolute Gasteiger partial charge is 0.274 e. The van der Waals surface area contributed by atoms with Crippen LogP contribution in [0.25, 0.3) is 0 Å². The molecule has 0 N–H and O–H groups in total. The third-order valence-corrected chi connectivity index (χ3v) is 7.88. The predicted molar refractivity (Wildman–Crippen MR) is 123 cm³/mol. The molecule has 7 rings (SSSR count). The molecule has 1 saturated heterocycles. The number of anilines is 1. The maximum atomic E-state index is 13.9. The van der Waals surface area contributed by atoms with E-state index in [0.29, 0.717) is 22.3 Å². The molecule has 0 saturated carbocycles. The van der Waals surface area contributed by atoms with Gasteiger partial charge in [0.1, 0.15) is 5.92 Å². The van der Waals surface area contributed by atoms with Crippen molar-refractivity contribution in [3.63, 3.8) is 0 Å². The Labute approximate surface area is 200 Å². The lowest BCUT2D eigenvalue weighted by atomic mass is 9.51. The van der Waals surface area contributed by atoms with Crippen LogP contribution in [0.3, 0.4) is 0 Å². The molecule has 0 unspecified atom stereocenters. The fourth-order valence-electron chi connectivity index (χ4n) is 6.07. The number of nitro benzene ring substituents is 1. The highest BCUT2D eigenvalue weighted by atomic mass is 79.9. The minimum atomic E-state index is -1.92. The maximum absolute atomic E-state index is 13.9. The van der Waals surface area contributed by atoms with E-state index in [1.807, 2.05) is 0 Å². The number of non-ortho nitro benzene ring substituents is 1. The quantitative estimate of drug-likeness (QED) is 0.291. The van der Waals surface area contributed by atoms with Gasteiger partial charge in [0.15, 0.2) is 0 Å². The van der Waals surface area contributed by atoms with Crippen LogP contribution in [0.4, 0.5) is 11.4 Å². The largest absolute Gasteiger partial charge is 0.285 e. The number of hydrogen-bond acceptors (Lipinski definition) is 6. The van der Waals surface area contributed by atoms with Crippen molar-refractivity contribution < 1.29 is 19.4 Å². The molecule has 0 aromatic heterocycles. The number of rotatable bonds is 3. The summed E-state index contributed by atoms with van der Waals surface area (Å²) in [6, 6.07) is 17.6. The van der Waals surface area contributed by atoms with Gasteiger partial charge >= 0.3 is 0 Å². The van der Waals surface area contributed by atoms with Gasteiger partial charge in [-0.05, 0) is 33.1 Å². The van der Waals surface area contributed by atoms with Gasteiger partial charge in [0.25, 0.3) is 11.2 Å². The molecular weight excluding hydrogens is 506 g/mol. The summed E-state index contributed by atoms with van der Waals surface area (Å²) in [4.78, 5) is 51.7. The normalized spacial score (nSPS) is 26.1. The number of nitro groups is 2. The Morgan fingerprint density at radius 1 is 0.853 bits per heavy atom. The van der Waals surface area contributed by atoms with Crippen LogP contribution in [0.2, 0.25) is 0 Å². The Hall–Kier alpha value is -3.92. The molecule has 2 atom stereocenters. The standard InChI is InChI=1S/C24H14BrN3O6/c25-17-11-12(27(31)32)9-10-18(17)26-22(29)20-19-13-5-1-3-7-15(13)24(28(33)34,21(20)23(26)30)16-8-4-2-6-14(16)19/h1-11,19-21H/t19?,20-,21+,24?/m1/s1. The van der Waals surface area contributed by atoms with E-state index in [4.69, 9.17) is 0 Å². The van der Waals surface area contributed by atoms with Crippen molar-refractivity contribution in [1.82, 2.24) is 0 Å². The molecule has 2 bridgehead atoms. The van der Waals surface area contributed by atoms with Gasteiger partial charge in [0.2, 0.25) is 11.8 Å². The summed E-state index contributed by atoms with van der Waals surface area (Å²) in [7, 11) is 0. The van der Waals surface area contributed by atoms with Gasteiger partial charge in [-0.1, -0.05) is 48.5 Å². The summed E-state index contributed by atoms with van der Waals surface area (Å²) in [6.07, 6.45) is 0. The van der Waals surface area contributed by atoms with Gasteiger partial charge in [0, 0.05) is 38.6 Å². The van der Waals surface area contributed by atoms with Crippen LogP contribution in [0.1, 0.15) is 28.2 Å². The number of amides is 2. The van der Waals surface area contributed by atoms with Crippen LogP contribution in [-0.2, 0) is 15.1 Å². The summed E-state index contributed by atoms with van der Waals surface area (Å²) >= 11 is 3.24. The van der Waals surface area contributed by atoms with E-state index < -0.39 is 45.0 Å². The van der Waals surface area contributed by atoms with Crippen molar-refractivity contribution in [1.29, 1.82) is 0 Å². The van der Waals surface area contributed by atoms with E-state index in [1.165, 1.54) is 18.2 Å². The lowest BCUT2D eigenvalue weighted by Crippen LogP contribution is -2.57. The Bertz CT molecular complexity index is 1420. The number of benzene rings is 3. The predicted octanol–water partition coefficient (Wildman–Crippen LogP) is 4.14. The molecule has 3 aliphatic carbocycles. The van der Waals surface area contributed by atoms with Crippen molar-refractivity contribution in [3.05, 3.63) is 114 Å². The highest BCUT2D eigenvalue weighted by Crippen LogP contribution is 2.64. The number of imide groups is 1. The second kappa shape index (κ2) is 6.80. The van der Waals surface area contributed by atoms with Crippen LogP contribution in [0.15, 0.2) is 71.2 Å². The molecule has 34 heavy (non-hydrogen) atoms. The third-order valence-electron chi connectivity index (χ3n) is 7.24. The molecule has 1 heterocycles. The minimum absolute atomic E-state index is 0.126. The van der Waals surface area contributed by atoms with Gasteiger partial charge in [-0.15, -0.1) is 0 Å². The number of carbonyl (C=O) groups is 2. The van der Waals surface area contributed by atoms with Crippen molar-refractivity contribution >= 4 is 39.1 Å². The van der Waals surface area contributed by atoms with Gasteiger partial charge in [-0.3, -0.25) is 29.8 Å². The summed E-state index contributed by atoms with van der Waals surface area (Å²) in [5.41, 5.74) is 0.192. The van der Waals surface area contributed by atoms with Crippen LogP contribution in [0, 0.1) is 32.1 Å². The van der Waals surface area contributed by atoms with Gasteiger partial charge in [0.05, 0.1) is 16.5 Å². The van der Waals surface area contributed by atoms with Gasteiger partial charge in [-0.25, -0.2) is 4.90 Å². The Morgan fingerprint density at radius 3 is 1.97 bits per heavy atom. The van der Waals surface area contributed by atoms with Crippen LogP contribution < -0.4 is 4.90 Å². The SMILES string of the molecule is O=C1[C@@H]2C3c4ccccc4C([N+](=O)[O-])(c4ccccc43)[C@@H]2C(=O)N1c1ccc([N+](=O)[O-])cc1Br. The lowest BCUT2D eigenvalue weighted by Gasteiger charge is -2.48. The second-order valence-corrected chi connectivity index (χ2v) is 9.44. The zero-order chi connectivity index (χ0) is 23.9. The van der Waals surface area contributed by atoms with E-state index in [1.54, 1.807) is 48.5 Å². The fourth-order valence-corrected chi connectivity index (χ4v) is 6.61. The molecule has 10 heteroatoms. The highest BCUT2D eigenvalue weighted by molar-refractivity contribution is 9.10. The van der Waals surface area contributed by atoms with E-state index in [2.05, 4.69) is 15.9 Å². The maximum Gasteiger partial charge on any atom is 0.285 e. The number of carbonyl (C=O) groups excluding carboxylic acids is 2. The first-order chi connectivity index (χ1) is 16.3. The Morgan fingerprint density at radius 2 is 1.44 bits per heavy atom. The molecule has 3 aromatic rings. The second-order valence-electron chi connectivity index (χ2n) is 8.58. The highest BCUT2D eigenvalue weighted by Gasteiger charge is 2.74. The van der Waals surface area contributed by atoms with Crippen molar-refractivity contribution in [2.24, 2.45) is 11.8 Å². The van der Waals surface area contributed by atoms with Gasteiger partial charge < -0.3 is 0 Å². The molecule has 168 valence electrons. The van der Waals surface area contributed by atoms with Crippen molar-refractivity contribution in [2.45, 2.75) is 11.5 Å². The topological polar surface area (TPSA) is 124 Å². The summed E-state index contributed by atoms with van der Waals surface area (Å²) in [6.45, 7) is 0. The van der Waals surface area contributed by atoms with Crippen LogP contribution in [-0.4, -0.2) is 21.7 Å². The van der Waals surface area contributed by atoms with Crippen molar-refractivity contribution in [3.8, 4) is 0 Å². The summed E-state index contributed by atoms with van der Waals surface area (Å²) in [5.74, 6) is -3.96. The summed E-state index contributed by atoms with van der Waals surface area (Å²) in [5, 5.41) is 24.1. The zero-order valence-electron chi connectivity index (χ0n) is 17.3. The molecule has 9 nitrogen and oxygen atoms in total. The molecular formula is C24H14BrN3O6. The Kier molecular flexibility index (Phi) is 4.13. The van der Waals surface area contributed by atoms with E-state index in [-0.39, 0.29) is 15.8 Å². The molecule has 3 aromatic carbocycles. The van der Waals surface area contributed by atoms with Gasteiger partial charge in [-0.2, -0.15) is 0 Å². The molecule has 1 fully saturated rings. The first-order valence-electron chi connectivity index (χ1n) is 10.4. The molecule has 0 radical (unpaired) electrons. The molecule has 1 aliphatic heterocycles. The first kappa shape index (κ1) is 20.7. The first-order valence-corrected chi connectivity index (χ1v) is 11.2. The average molecular weight is 520 g/mol. The lowest BCUT2D eigenvalue weighted by molar-refractivity contribution is -0.578. The van der Waals surface area contributed by atoms with Crippen molar-refractivity contribution in [2.75, 3.05) is 4.90 Å².